The molecule has 70 valence electrons. The van der Waals surface area contributed by atoms with Crippen molar-refractivity contribution in [1.29, 1.82) is 0 Å². The van der Waals surface area contributed by atoms with E-state index in [9.17, 15) is 5.11 Å². The van der Waals surface area contributed by atoms with E-state index in [1.165, 1.54) is 5.54 Å². The molecule has 0 spiro atoms. The third kappa shape index (κ3) is 3.76. The summed E-state index contributed by atoms with van der Waals surface area (Å²) in [5.41, 5.74) is 1.33. The van der Waals surface area contributed by atoms with Crippen molar-refractivity contribution in [2.24, 2.45) is 5.92 Å². The molecule has 1 aliphatic rings. The summed E-state index contributed by atoms with van der Waals surface area (Å²) < 4.78 is 0. The van der Waals surface area contributed by atoms with E-state index in [2.05, 4.69) is 5.32 Å². The first kappa shape index (κ1) is 10.3. The minimum Gasteiger partial charge on any atom is -0.392 e. The van der Waals surface area contributed by atoms with Gasteiger partial charge in [0.15, 0.2) is 0 Å². The van der Waals surface area contributed by atoms with Gasteiger partial charge >= 0.3 is 0 Å². The van der Waals surface area contributed by atoms with Gasteiger partial charge in [-0.3, -0.25) is 0 Å². The highest BCUT2D eigenvalue weighted by molar-refractivity contribution is 6.36. The van der Waals surface area contributed by atoms with Crippen LogP contribution >= 0.6 is 23.2 Å². The predicted octanol–water partition coefficient (Wildman–Crippen LogP) is 1.67. The number of aliphatic hydroxyl groups excluding tert-OH is 1. The third-order valence-electron chi connectivity index (χ3n) is 1.93. The lowest BCUT2D eigenvalue weighted by molar-refractivity contribution is 0.150. The topological polar surface area (TPSA) is 32.3 Å². The predicted molar refractivity (Wildman–Crippen MR) is 51.4 cm³/mol. The SMILES string of the molecule is OC(CNCC(Cl)=CCl)C1CC1. The van der Waals surface area contributed by atoms with Gasteiger partial charge in [-0.15, -0.1) is 0 Å². The Morgan fingerprint density at radius 1 is 1.67 bits per heavy atom. The van der Waals surface area contributed by atoms with Crippen molar-refractivity contribution in [3.8, 4) is 0 Å². The second kappa shape index (κ2) is 5.07. The first-order valence-electron chi connectivity index (χ1n) is 4.07. The van der Waals surface area contributed by atoms with Crippen molar-refractivity contribution in [2.45, 2.75) is 18.9 Å². The van der Waals surface area contributed by atoms with Gasteiger partial charge < -0.3 is 10.4 Å². The van der Waals surface area contributed by atoms with Gasteiger partial charge in [-0.25, -0.2) is 0 Å². The highest BCUT2D eigenvalue weighted by atomic mass is 35.5. The van der Waals surface area contributed by atoms with Crippen LogP contribution in [0.1, 0.15) is 12.8 Å². The maximum absolute atomic E-state index is 9.42. The minimum atomic E-state index is -0.218. The van der Waals surface area contributed by atoms with Crippen LogP contribution in [0.5, 0.6) is 0 Å². The molecular formula is C8H13Cl2NO. The van der Waals surface area contributed by atoms with Crippen molar-refractivity contribution in [3.05, 3.63) is 10.6 Å². The number of rotatable bonds is 5. The van der Waals surface area contributed by atoms with Crippen molar-refractivity contribution in [2.75, 3.05) is 13.1 Å². The van der Waals surface area contributed by atoms with Crippen LogP contribution in [0.15, 0.2) is 10.6 Å². The normalized spacial score (nSPS) is 21.1. The Morgan fingerprint density at radius 3 is 2.83 bits per heavy atom. The van der Waals surface area contributed by atoms with Gasteiger partial charge in [-0.1, -0.05) is 23.2 Å². The van der Waals surface area contributed by atoms with Gasteiger partial charge in [-0.05, 0) is 18.8 Å². The van der Waals surface area contributed by atoms with Crippen LogP contribution in [-0.2, 0) is 0 Å². The molecule has 0 saturated heterocycles. The van der Waals surface area contributed by atoms with Crippen molar-refractivity contribution in [1.82, 2.24) is 5.32 Å². The fourth-order valence-electron chi connectivity index (χ4n) is 1.03. The van der Waals surface area contributed by atoms with Gasteiger partial charge in [0, 0.05) is 23.7 Å². The zero-order valence-electron chi connectivity index (χ0n) is 6.76. The highest BCUT2D eigenvalue weighted by Gasteiger charge is 2.28. The second-order valence-electron chi connectivity index (χ2n) is 3.09. The van der Waals surface area contributed by atoms with Gasteiger partial charge in [-0.2, -0.15) is 0 Å². The zero-order valence-corrected chi connectivity index (χ0v) is 8.28. The molecule has 12 heavy (non-hydrogen) atoms. The third-order valence-corrected chi connectivity index (χ3v) is 2.55. The molecule has 0 amide bonds. The maximum atomic E-state index is 9.42. The molecule has 2 N–H and O–H groups in total. The molecule has 1 atom stereocenters. The van der Waals surface area contributed by atoms with Crippen molar-refractivity contribution < 1.29 is 5.11 Å². The average molecular weight is 210 g/mol. The summed E-state index contributed by atoms with van der Waals surface area (Å²) in [5, 5.41) is 13.0. The molecule has 2 nitrogen and oxygen atoms in total. The van der Waals surface area contributed by atoms with E-state index in [1.54, 1.807) is 0 Å². The number of aliphatic hydroxyl groups is 1. The number of hydrogen-bond donors (Lipinski definition) is 2. The van der Waals surface area contributed by atoms with Crippen LogP contribution in [0.25, 0.3) is 0 Å². The molecule has 4 heteroatoms. The van der Waals surface area contributed by atoms with E-state index < -0.39 is 0 Å². The molecule has 0 heterocycles. The van der Waals surface area contributed by atoms with Crippen molar-refractivity contribution >= 4 is 23.2 Å². The Bertz CT molecular complexity index is 168. The maximum Gasteiger partial charge on any atom is 0.0692 e. The van der Waals surface area contributed by atoms with Gasteiger partial charge in [0.2, 0.25) is 0 Å². The molecule has 0 aromatic carbocycles. The number of halogens is 2. The van der Waals surface area contributed by atoms with Crippen LogP contribution in [-0.4, -0.2) is 24.3 Å². The molecule has 0 bridgehead atoms. The number of hydrogen-bond acceptors (Lipinski definition) is 2. The molecule has 1 unspecified atom stereocenters. The van der Waals surface area contributed by atoms with E-state index in [4.69, 9.17) is 23.2 Å². The monoisotopic (exact) mass is 209 g/mol. The Balaban J connectivity index is 2.01. The van der Waals surface area contributed by atoms with E-state index in [0.717, 1.165) is 12.8 Å². The lowest BCUT2D eigenvalue weighted by Gasteiger charge is -2.09. The van der Waals surface area contributed by atoms with Crippen LogP contribution in [0.4, 0.5) is 0 Å². The Morgan fingerprint density at radius 2 is 2.33 bits per heavy atom. The van der Waals surface area contributed by atoms with Crippen LogP contribution in [0.2, 0.25) is 0 Å². The molecule has 1 saturated carbocycles. The lowest BCUT2D eigenvalue weighted by Crippen LogP contribution is -2.28. The summed E-state index contributed by atoms with van der Waals surface area (Å²) in [5.74, 6) is 0.510. The summed E-state index contributed by atoms with van der Waals surface area (Å²) >= 11 is 11.0. The van der Waals surface area contributed by atoms with Crippen LogP contribution in [0, 0.1) is 5.92 Å². The molecule has 1 rings (SSSR count). The van der Waals surface area contributed by atoms with Gasteiger partial charge in [0.05, 0.1) is 6.10 Å². The number of nitrogens with one attached hydrogen (secondary N) is 1. The van der Waals surface area contributed by atoms with Gasteiger partial charge in [0.25, 0.3) is 0 Å². The first-order valence-corrected chi connectivity index (χ1v) is 4.89. The summed E-state index contributed by atoms with van der Waals surface area (Å²) in [6.45, 7) is 1.14. The molecule has 0 aliphatic heterocycles. The minimum absolute atomic E-state index is 0.218. The Kier molecular flexibility index (Phi) is 4.36. The lowest BCUT2D eigenvalue weighted by atomic mass is 10.2. The quantitative estimate of drug-likeness (QED) is 0.723. The van der Waals surface area contributed by atoms with E-state index >= 15 is 0 Å². The fourth-order valence-corrected chi connectivity index (χ4v) is 1.20. The van der Waals surface area contributed by atoms with E-state index in [-0.39, 0.29) is 6.10 Å². The fraction of sp³-hybridized carbons (Fsp3) is 0.750. The van der Waals surface area contributed by atoms with Crippen LogP contribution in [0.3, 0.4) is 0 Å². The van der Waals surface area contributed by atoms with Gasteiger partial charge in [0.1, 0.15) is 0 Å². The first-order chi connectivity index (χ1) is 5.74. The summed E-state index contributed by atoms with van der Waals surface area (Å²) in [6, 6.07) is 0. The summed E-state index contributed by atoms with van der Waals surface area (Å²) in [6.07, 6.45) is 2.09. The molecule has 0 aromatic heterocycles. The van der Waals surface area contributed by atoms with E-state index in [0.29, 0.717) is 24.0 Å². The Hall–Kier alpha value is 0.240. The summed E-state index contributed by atoms with van der Waals surface area (Å²) in [7, 11) is 0. The molecule has 1 fully saturated rings. The smallest absolute Gasteiger partial charge is 0.0692 e. The zero-order chi connectivity index (χ0) is 8.97. The van der Waals surface area contributed by atoms with E-state index in [1.807, 2.05) is 0 Å². The standard InChI is InChI=1S/C8H13Cl2NO/c9-3-7(10)4-11-5-8(12)6-1-2-6/h3,6,8,11-12H,1-2,4-5H2. The summed E-state index contributed by atoms with van der Waals surface area (Å²) in [4.78, 5) is 0. The van der Waals surface area contributed by atoms with Crippen molar-refractivity contribution in [3.63, 3.8) is 0 Å². The molecular weight excluding hydrogens is 197 g/mol. The second-order valence-corrected chi connectivity index (χ2v) is 3.80. The highest BCUT2D eigenvalue weighted by Crippen LogP contribution is 2.32. The Labute approximate surface area is 82.5 Å². The molecule has 0 aromatic rings. The van der Waals surface area contributed by atoms with Crippen LogP contribution < -0.4 is 5.32 Å². The molecule has 0 radical (unpaired) electrons. The molecule has 1 aliphatic carbocycles. The average Bonchev–Trinajstić information content (AvgIpc) is 2.86. The largest absolute Gasteiger partial charge is 0.392 e.